The van der Waals surface area contributed by atoms with Crippen LogP contribution in [0.15, 0.2) is 53.4 Å². The SMILES string of the molecule is CCOc1ccccc1NC(=O)[C@@H](C)NS(=O)(=O)c1ccc(C)cc1. The Morgan fingerprint density at radius 2 is 1.76 bits per heavy atom. The topological polar surface area (TPSA) is 84.5 Å². The smallest absolute Gasteiger partial charge is 0.242 e. The fourth-order valence-corrected chi connectivity index (χ4v) is 3.37. The summed E-state index contributed by atoms with van der Waals surface area (Å²) in [6.45, 7) is 5.67. The Hall–Kier alpha value is -2.38. The number of nitrogens with one attached hydrogen (secondary N) is 2. The highest BCUT2D eigenvalue weighted by Crippen LogP contribution is 2.23. The molecule has 2 N–H and O–H groups in total. The largest absolute Gasteiger partial charge is 0.492 e. The molecule has 134 valence electrons. The van der Waals surface area contributed by atoms with Crippen LogP contribution in [0.2, 0.25) is 0 Å². The third kappa shape index (κ3) is 5.04. The second-order valence-electron chi connectivity index (χ2n) is 5.57. The summed E-state index contributed by atoms with van der Waals surface area (Å²) < 4.78 is 32.6. The fourth-order valence-electron chi connectivity index (χ4n) is 2.16. The molecular formula is C18H22N2O4S. The summed E-state index contributed by atoms with van der Waals surface area (Å²) in [4.78, 5) is 12.5. The Balaban J connectivity index is 2.09. The van der Waals surface area contributed by atoms with Crippen molar-refractivity contribution >= 4 is 21.6 Å². The Bertz CT molecular complexity index is 832. The van der Waals surface area contributed by atoms with Gasteiger partial charge in [-0.1, -0.05) is 29.8 Å². The second kappa shape index (κ2) is 8.13. The van der Waals surface area contributed by atoms with Crippen molar-refractivity contribution in [2.24, 2.45) is 0 Å². The highest BCUT2D eigenvalue weighted by atomic mass is 32.2. The minimum atomic E-state index is -3.78. The van der Waals surface area contributed by atoms with Gasteiger partial charge in [0.25, 0.3) is 0 Å². The van der Waals surface area contributed by atoms with Crippen molar-refractivity contribution in [1.29, 1.82) is 0 Å². The van der Waals surface area contributed by atoms with Gasteiger partial charge in [0.05, 0.1) is 23.2 Å². The van der Waals surface area contributed by atoms with Crippen molar-refractivity contribution in [1.82, 2.24) is 4.72 Å². The van der Waals surface area contributed by atoms with E-state index in [1.54, 1.807) is 36.4 Å². The lowest BCUT2D eigenvalue weighted by atomic mass is 10.2. The number of rotatable bonds is 7. The van der Waals surface area contributed by atoms with Crippen molar-refractivity contribution in [2.45, 2.75) is 31.7 Å². The summed E-state index contributed by atoms with van der Waals surface area (Å²) in [7, 11) is -3.78. The number of anilines is 1. The Kier molecular flexibility index (Phi) is 6.17. The first-order chi connectivity index (χ1) is 11.8. The van der Waals surface area contributed by atoms with E-state index < -0.39 is 22.0 Å². The molecule has 0 saturated heterocycles. The summed E-state index contributed by atoms with van der Waals surface area (Å²) >= 11 is 0. The van der Waals surface area contributed by atoms with Gasteiger partial charge >= 0.3 is 0 Å². The molecule has 0 unspecified atom stereocenters. The normalized spacial score (nSPS) is 12.4. The Labute approximate surface area is 148 Å². The maximum absolute atomic E-state index is 12.4. The Morgan fingerprint density at radius 3 is 2.40 bits per heavy atom. The molecule has 0 aliphatic rings. The molecule has 0 bridgehead atoms. The van der Waals surface area contributed by atoms with E-state index in [0.29, 0.717) is 18.0 Å². The van der Waals surface area contributed by atoms with Crippen LogP contribution in [0, 0.1) is 6.92 Å². The molecule has 0 saturated carbocycles. The number of ether oxygens (including phenoxy) is 1. The van der Waals surface area contributed by atoms with E-state index in [0.717, 1.165) is 5.56 Å². The molecule has 25 heavy (non-hydrogen) atoms. The van der Waals surface area contributed by atoms with Gasteiger partial charge in [-0.3, -0.25) is 4.79 Å². The third-order valence-corrected chi connectivity index (χ3v) is 5.06. The number of hydrogen-bond acceptors (Lipinski definition) is 4. The van der Waals surface area contributed by atoms with Crippen molar-refractivity contribution in [2.75, 3.05) is 11.9 Å². The lowest BCUT2D eigenvalue weighted by Gasteiger charge is -2.16. The number of aryl methyl sites for hydroxylation is 1. The van der Waals surface area contributed by atoms with E-state index >= 15 is 0 Å². The maximum Gasteiger partial charge on any atom is 0.242 e. The average molecular weight is 362 g/mol. The quantitative estimate of drug-likeness (QED) is 0.793. The first-order valence-electron chi connectivity index (χ1n) is 7.95. The zero-order valence-corrected chi connectivity index (χ0v) is 15.3. The summed E-state index contributed by atoms with van der Waals surface area (Å²) in [5, 5.41) is 2.69. The molecule has 0 aromatic heterocycles. The summed E-state index contributed by atoms with van der Waals surface area (Å²) in [5.41, 5.74) is 1.45. The van der Waals surface area contributed by atoms with Crippen molar-refractivity contribution in [3.8, 4) is 5.75 Å². The lowest BCUT2D eigenvalue weighted by molar-refractivity contribution is -0.117. The van der Waals surface area contributed by atoms with Gasteiger partial charge in [0.1, 0.15) is 5.75 Å². The molecule has 0 spiro atoms. The summed E-state index contributed by atoms with van der Waals surface area (Å²) in [5.74, 6) is 0.0646. The first kappa shape index (κ1) is 19.0. The first-order valence-corrected chi connectivity index (χ1v) is 9.43. The minimum Gasteiger partial charge on any atom is -0.492 e. The van der Waals surface area contributed by atoms with Crippen LogP contribution in [0.25, 0.3) is 0 Å². The molecule has 0 heterocycles. The van der Waals surface area contributed by atoms with Gasteiger partial charge in [-0.25, -0.2) is 8.42 Å². The molecule has 0 aliphatic carbocycles. The van der Waals surface area contributed by atoms with Gasteiger partial charge in [0.15, 0.2) is 0 Å². The minimum absolute atomic E-state index is 0.118. The van der Waals surface area contributed by atoms with Crippen LogP contribution < -0.4 is 14.8 Å². The van der Waals surface area contributed by atoms with E-state index in [-0.39, 0.29) is 4.90 Å². The highest BCUT2D eigenvalue weighted by Gasteiger charge is 2.22. The maximum atomic E-state index is 12.4. The average Bonchev–Trinajstić information content (AvgIpc) is 2.57. The molecule has 6 nitrogen and oxygen atoms in total. The van der Waals surface area contributed by atoms with Gasteiger partial charge in [0.2, 0.25) is 15.9 Å². The van der Waals surface area contributed by atoms with Crippen LogP contribution in [-0.2, 0) is 14.8 Å². The van der Waals surface area contributed by atoms with Crippen LogP contribution in [-0.4, -0.2) is 27.0 Å². The Morgan fingerprint density at radius 1 is 1.12 bits per heavy atom. The number of para-hydroxylation sites is 2. The molecule has 1 atom stereocenters. The number of amides is 1. The summed E-state index contributed by atoms with van der Waals surface area (Å²) in [6, 6.07) is 12.5. The zero-order chi connectivity index (χ0) is 18.4. The third-order valence-electron chi connectivity index (χ3n) is 3.50. The number of hydrogen-bond donors (Lipinski definition) is 2. The molecule has 7 heteroatoms. The van der Waals surface area contributed by atoms with Gasteiger partial charge in [-0.2, -0.15) is 4.72 Å². The van der Waals surface area contributed by atoms with Gasteiger partial charge in [-0.05, 0) is 45.0 Å². The monoisotopic (exact) mass is 362 g/mol. The fraction of sp³-hybridized carbons (Fsp3) is 0.278. The number of carbonyl (C=O) groups excluding carboxylic acids is 1. The predicted molar refractivity (Wildman–Crippen MR) is 97.2 cm³/mol. The van der Waals surface area contributed by atoms with Crippen LogP contribution in [0.3, 0.4) is 0 Å². The highest BCUT2D eigenvalue weighted by molar-refractivity contribution is 7.89. The van der Waals surface area contributed by atoms with Crippen LogP contribution in [0.4, 0.5) is 5.69 Å². The van der Waals surface area contributed by atoms with Gasteiger partial charge < -0.3 is 10.1 Å². The molecule has 1 amide bonds. The van der Waals surface area contributed by atoms with E-state index in [1.807, 2.05) is 13.8 Å². The molecule has 0 radical (unpaired) electrons. The predicted octanol–water partition coefficient (Wildman–Crippen LogP) is 2.70. The van der Waals surface area contributed by atoms with Crippen molar-refractivity contribution in [3.05, 3.63) is 54.1 Å². The zero-order valence-electron chi connectivity index (χ0n) is 14.4. The van der Waals surface area contributed by atoms with Crippen LogP contribution >= 0.6 is 0 Å². The van der Waals surface area contributed by atoms with Gasteiger partial charge in [-0.15, -0.1) is 0 Å². The molecule has 0 fully saturated rings. The van der Waals surface area contributed by atoms with E-state index in [4.69, 9.17) is 4.74 Å². The number of sulfonamides is 1. The number of carbonyl (C=O) groups is 1. The molecule has 2 aromatic carbocycles. The molecule has 0 aliphatic heterocycles. The second-order valence-corrected chi connectivity index (χ2v) is 7.29. The van der Waals surface area contributed by atoms with E-state index in [9.17, 15) is 13.2 Å². The standard InChI is InChI=1S/C18H22N2O4S/c1-4-24-17-8-6-5-7-16(17)19-18(21)14(3)20-25(22,23)15-11-9-13(2)10-12-15/h5-12,14,20H,4H2,1-3H3,(H,19,21)/t14-/m1/s1. The van der Waals surface area contributed by atoms with Crippen molar-refractivity contribution < 1.29 is 17.9 Å². The van der Waals surface area contributed by atoms with Gasteiger partial charge in [0, 0.05) is 0 Å². The molecular weight excluding hydrogens is 340 g/mol. The lowest BCUT2D eigenvalue weighted by Crippen LogP contribution is -2.41. The van der Waals surface area contributed by atoms with Crippen molar-refractivity contribution in [3.63, 3.8) is 0 Å². The number of benzene rings is 2. The van der Waals surface area contributed by atoms with E-state index in [2.05, 4.69) is 10.0 Å². The van der Waals surface area contributed by atoms with E-state index in [1.165, 1.54) is 19.1 Å². The van der Waals surface area contributed by atoms with Crippen LogP contribution in [0.1, 0.15) is 19.4 Å². The van der Waals surface area contributed by atoms with Crippen LogP contribution in [0.5, 0.6) is 5.75 Å². The molecule has 2 aromatic rings. The molecule has 2 rings (SSSR count). The summed E-state index contributed by atoms with van der Waals surface area (Å²) in [6.07, 6.45) is 0.